The third-order valence-corrected chi connectivity index (χ3v) is 6.04. The molecule has 2 amide bonds. The van der Waals surface area contributed by atoms with Crippen LogP contribution in [0.3, 0.4) is 0 Å². The topological polar surface area (TPSA) is 89.5 Å². The van der Waals surface area contributed by atoms with Gasteiger partial charge in [0.15, 0.2) is 0 Å². The van der Waals surface area contributed by atoms with Gasteiger partial charge in [-0.15, -0.1) is 0 Å². The van der Waals surface area contributed by atoms with E-state index in [9.17, 15) is 19.5 Å². The van der Waals surface area contributed by atoms with E-state index in [-0.39, 0.29) is 17.4 Å². The second-order valence-electron chi connectivity index (χ2n) is 6.97. The Bertz CT molecular complexity index is 1000. The summed E-state index contributed by atoms with van der Waals surface area (Å²) in [7, 11) is 0. The fourth-order valence-corrected chi connectivity index (χ4v) is 4.35. The molecular weight excluding hydrogens is 432 g/mol. The molecule has 0 aromatic heterocycles. The van der Waals surface area contributed by atoms with Crippen molar-refractivity contribution in [2.45, 2.75) is 25.7 Å². The number of nitrogens with one attached hydrogen (secondary N) is 1. The Hall–Kier alpha value is -2.97. The zero-order valence-corrected chi connectivity index (χ0v) is 18.3. The number of rotatable bonds is 9. The highest BCUT2D eigenvalue weighted by molar-refractivity contribution is 8.26. The van der Waals surface area contributed by atoms with Gasteiger partial charge in [-0.05, 0) is 42.2 Å². The number of thiocarbonyl (C=S) groups is 1. The second kappa shape index (κ2) is 10.9. The summed E-state index contributed by atoms with van der Waals surface area (Å²) in [6.07, 6.45) is 4.40. The molecule has 0 aliphatic carbocycles. The van der Waals surface area contributed by atoms with E-state index in [0.717, 1.165) is 18.4 Å². The Morgan fingerprint density at radius 3 is 2.42 bits per heavy atom. The quantitative estimate of drug-likeness (QED) is 0.355. The Morgan fingerprint density at radius 1 is 1.03 bits per heavy atom. The number of nitrogens with zero attached hydrogens (tertiary/aromatic N) is 1. The summed E-state index contributed by atoms with van der Waals surface area (Å²) in [6.45, 7) is 0.531. The predicted octanol–water partition coefficient (Wildman–Crippen LogP) is 3.45. The lowest BCUT2D eigenvalue weighted by Crippen LogP contribution is -2.29. The van der Waals surface area contributed by atoms with Crippen molar-refractivity contribution >= 4 is 57.8 Å². The van der Waals surface area contributed by atoms with Gasteiger partial charge in [-0.2, -0.15) is 0 Å². The minimum absolute atomic E-state index is 0.0623. The first-order valence-electron chi connectivity index (χ1n) is 9.86. The van der Waals surface area contributed by atoms with Crippen LogP contribution < -0.4 is 10.4 Å². The number of thioether (sulfide) groups is 1. The van der Waals surface area contributed by atoms with Crippen molar-refractivity contribution in [2.75, 3.05) is 11.9 Å². The first-order chi connectivity index (χ1) is 14.9. The van der Waals surface area contributed by atoms with Gasteiger partial charge in [0, 0.05) is 18.7 Å². The summed E-state index contributed by atoms with van der Waals surface area (Å²) in [6, 6.07) is 15.5. The molecule has 2 aromatic carbocycles. The van der Waals surface area contributed by atoms with Gasteiger partial charge in [0.2, 0.25) is 5.91 Å². The summed E-state index contributed by atoms with van der Waals surface area (Å²) in [5, 5.41) is 13.5. The number of carboxylic acid groups (broad SMARTS) is 1. The van der Waals surface area contributed by atoms with Crippen LogP contribution in [0, 0.1) is 0 Å². The van der Waals surface area contributed by atoms with Crippen LogP contribution in [0.1, 0.15) is 41.6 Å². The minimum atomic E-state index is -1.25. The molecule has 0 spiro atoms. The van der Waals surface area contributed by atoms with Crippen LogP contribution in [0.2, 0.25) is 0 Å². The SMILES string of the molecule is O=C(CCCCCN1C(=O)/C(=C/c2ccccc2)SC1=S)Nc1ccc(C(=O)[O-])cc1. The van der Waals surface area contributed by atoms with Crippen molar-refractivity contribution in [3.05, 3.63) is 70.6 Å². The predicted molar refractivity (Wildman–Crippen MR) is 124 cm³/mol. The number of carbonyl (C=O) groups is 3. The van der Waals surface area contributed by atoms with Gasteiger partial charge in [0.25, 0.3) is 5.91 Å². The molecule has 1 fully saturated rings. The lowest BCUT2D eigenvalue weighted by Gasteiger charge is -2.14. The van der Waals surface area contributed by atoms with Gasteiger partial charge in [-0.3, -0.25) is 14.5 Å². The molecule has 8 heteroatoms. The number of carbonyl (C=O) groups excluding carboxylic acids is 3. The van der Waals surface area contributed by atoms with Crippen LogP contribution >= 0.6 is 24.0 Å². The molecule has 1 saturated heterocycles. The number of hydrogen-bond acceptors (Lipinski definition) is 6. The van der Waals surface area contributed by atoms with Crippen LogP contribution in [-0.2, 0) is 9.59 Å². The standard InChI is InChI=1S/C23H22N2O4S2/c26-20(24-18-12-10-17(11-13-18)22(28)29)9-5-2-6-14-25-21(27)19(31-23(25)30)15-16-7-3-1-4-8-16/h1,3-4,7-8,10-13,15H,2,5-6,9,14H2,(H,24,26)(H,28,29)/p-1/b19-15-. The van der Waals surface area contributed by atoms with E-state index in [4.69, 9.17) is 12.2 Å². The Balaban J connectivity index is 1.39. The highest BCUT2D eigenvalue weighted by Gasteiger charge is 2.31. The summed E-state index contributed by atoms with van der Waals surface area (Å²) >= 11 is 6.66. The number of amides is 2. The number of aromatic carboxylic acids is 1. The van der Waals surface area contributed by atoms with Gasteiger partial charge in [0.1, 0.15) is 4.32 Å². The molecule has 0 saturated carbocycles. The maximum atomic E-state index is 12.6. The molecule has 0 radical (unpaired) electrons. The second-order valence-corrected chi connectivity index (χ2v) is 8.64. The normalized spacial score (nSPS) is 14.8. The van der Waals surface area contributed by atoms with Crippen LogP contribution in [0.4, 0.5) is 5.69 Å². The molecule has 0 atom stereocenters. The fourth-order valence-electron chi connectivity index (χ4n) is 3.04. The first kappa shape index (κ1) is 22.7. The van der Waals surface area contributed by atoms with Crippen molar-refractivity contribution in [1.82, 2.24) is 4.90 Å². The van der Waals surface area contributed by atoms with Crippen molar-refractivity contribution < 1.29 is 19.5 Å². The monoisotopic (exact) mass is 453 g/mol. The van der Waals surface area contributed by atoms with Crippen LogP contribution in [0.25, 0.3) is 6.08 Å². The lowest BCUT2D eigenvalue weighted by atomic mass is 10.1. The van der Waals surface area contributed by atoms with E-state index >= 15 is 0 Å². The third-order valence-electron chi connectivity index (χ3n) is 4.66. The van der Waals surface area contributed by atoms with Crippen LogP contribution in [-0.4, -0.2) is 33.5 Å². The number of unbranched alkanes of at least 4 members (excludes halogenated alkanes) is 2. The summed E-state index contributed by atoms with van der Waals surface area (Å²) in [5.74, 6) is -1.47. The smallest absolute Gasteiger partial charge is 0.266 e. The van der Waals surface area contributed by atoms with Gasteiger partial charge >= 0.3 is 0 Å². The highest BCUT2D eigenvalue weighted by Crippen LogP contribution is 2.32. The van der Waals surface area contributed by atoms with Crippen LogP contribution in [0.15, 0.2) is 59.5 Å². The van der Waals surface area contributed by atoms with E-state index in [1.807, 2.05) is 36.4 Å². The molecular formula is C23H21N2O4S2-. The van der Waals surface area contributed by atoms with Crippen molar-refractivity contribution in [2.24, 2.45) is 0 Å². The molecule has 31 heavy (non-hydrogen) atoms. The highest BCUT2D eigenvalue weighted by atomic mass is 32.2. The van der Waals surface area contributed by atoms with Crippen molar-refractivity contribution in [3.8, 4) is 0 Å². The van der Waals surface area contributed by atoms with Gasteiger partial charge in [-0.25, -0.2) is 0 Å². The zero-order valence-electron chi connectivity index (χ0n) is 16.7. The minimum Gasteiger partial charge on any atom is -0.545 e. The number of hydrogen-bond donors (Lipinski definition) is 1. The van der Waals surface area contributed by atoms with E-state index in [0.29, 0.717) is 34.3 Å². The molecule has 1 aliphatic rings. The largest absolute Gasteiger partial charge is 0.545 e. The van der Waals surface area contributed by atoms with Crippen molar-refractivity contribution in [3.63, 3.8) is 0 Å². The maximum Gasteiger partial charge on any atom is 0.266 e. The molecule has 1 aliphatic heterocycles. The number of anilines is 1. The first-order valence-corrected chi connectivity index (χ1v) is 11.1. The zero-order chi connectivity index (χ0) is 22.2. The fraction of sp³-hybridized carbons (Fsp3) is 0.217. The molecule has 3 rings (SSSR count). The Labute approximate surface area is 190 Å². The van der Waals surface area contributed by atoms with E-state index in [2.05, 4.69) is 5.32 Å². The van der Waals surface area contributed by atoms with E-state index < -0.39 is 5.97 Å². The van der Waals surface area contributed by atoms with Crippen molar-refractivity contribution in [1.29, 1.82) is 0 Å². The number of carboxylic acids is 1. The molecule has 1 heterocycles. The molecule has 6 nitrogen and oxygen atoms in total. The Kier molecular flexibility index (Phi) is 7.97. The van der Waals surface area contributed by atoms with Gasteiger partial charge in [-0.1, -0.05) is 72.9 Å². The van der Waals surface area contributed by atoms with Gasteiger partial charge < -0.3 is 15.2 Å². The molecule has 0 unspecified atom stereocenters. The third kappa shape index (κ3) is 6.50. The summed E-state index contributed by atoms with van der Waals surface area (Å²) in [4.78, 5) is 37.6. The van der Waals surface area contributed by atoms with E-state index in [1.54, 1.807) is 4.90 Å². The molecule has 1 N–H and O–H groups in total. The van der Waals surface area contributed by atoms with Gasteiger partial charge in [0.05, 0.1) is 10.9 Å². The summed E-state index contributed by atoms with van der Waals surface area (Å²) in [5.41, 5.74) is 1.56. The molecule has 2 aromatic rings. The molecule has 0 bridgehead atoms. The average molecular weight is 454 g/mol. The Morgan fingerprint density at radius 2 is 1.74 bits per heavy atom. The lowest BCUT2D eigenvalue weighted by molar-refractivity contribution is -0.255. The molecule has 160 valence electrons. The number of benzene rings is 2. The maximum absolute atomic E-state index is 12.6. The van der Waals surface area contributed by atoms with E-state index in [1.165, 1.54) is 36.0 Å². The summed E-state index contributed by atoms with van der Waals surface area (Å²) < 4.78 is 0.560. The average Bonchev–Trinajstić information content (AvgIpc) is 3.01. The van der Waals surface area contributed by atoms with Crippen LogP contribution in [0.5, 0.6) is 0 Å².